The van der Waals surface area contributed by atoms with Gasteiger partial charge >= 0.3 is 0 Å². The average molecular weight is 545 g/mol. The third-order valence-corrected chi connectivity index (χ3v) is 8.77. The van der Waals surface area contributed by atoms with Gasteiger partial charge < -0.3 is 14.7 Å². The molecule has 7 nitrogen and oxygen atoms in total. The number of sulfonamides is 1. The number of likely N-dealkylation sites (N-methyl/N-ethyl adjacent to an activating group) is 1. The van der Waals surface area contributed by atoms with Crippen LogP contribution in [0.1, 0.15) is 24.2 Å². The molecule has 0 saturated carbocycles. The number of ether oxygens (including phenoxy) is 1. The van der Waals surface area contributed by atoms with Crippen molar-refractivity contribution in [2.24, 2.45) is 5.92 Å². The lowest BCUT2D eigenvalue weighted by Gasteiger charge is -2.37. The summed E-state index contributed by atoms with van der Waals surface area (Å²) in [6.07, 6.45) is -0.665. The Morgan fingerprint density at radius 3 is 2.42 bits per heavy atom. The molecule has 1 heterocycles. The highest BCUT2D eigenvalue weighted by Gasteiger charge is 2.38. The molecule has 1 aliphatic heterocycles. The third kappa shape index (κ3) is 5.57. The van der Waals surface area contributed by atoms with E-state index in [1.165, 1.54) is 52.7 Å². The Morgan fingerprint density at radius 2 is 1.76 bits per heavy atom. The molecular formula is C28H30F2N2O5S. The van der Waals surface area contributed by atoms with Gasteiger partial charge in [0, 0.05) is 25.6 Å². The normalized spacial score (nSPS) is 19.9. The van der Waals surface area contributed by atoms with Crippen molar-refractivity contribution in [2.45, 2.75) is 30.9 Å². The number of benzene rings is 3. The van der Waals surface area contributed by atoms with E-state index in [2.05, 4.69) is 0 Å². The first kappa shape index (κ1) is 27.7. The van der Waals surface area contributed by atoms with Crippen molar-refractivity contribution in [3.05, 3.63) is 83.9 Å². The summed E-state index contributed by atoms with van der Waals surface area (Å²) in [5.41, 5.74) is 1.20. The van der Waals surface area contributed by atoms with Crippen LogP contribution in [0.2, 0.25) is 0 Å². The Labute approximate surface area is 221 Å². The molecule has 0 saturated heterocycles. The van der Waals surface area contributed by atoms with E-state index >= 15 is 0 Å². The molecule has 202 valence electrons. The maximum absolute atomic E-state index is 14.3. The van der Waals surface area contributed by atoms with E-state index in [0.717, 1.165) is 0 Å². The van der Waals surface area contributed by atoms with Gasteiger partial charge in [-0.05, 0) is 54.4 Å². The number of nitrogens with zero attached hydrogens (tertiary/aromatic N) is 2. The minimum absolute atomic E-state index is 0.0373. The molecular weight excluding hydrogens is 514 g/mol. The largest absolute Gasteiger partial charge is 0.487 e. The van der Waals surface area contributed by atoms with Crippen LogP contribution in [0.15, 0.2) is 71.6 Å². The van der Waals surface area contributed by atoms with Crippen molar-refractivity contribution >= 4 is 15.9 Å². The first-order chi connectivity index (χ1) is 18.0. The molecule has 3 atom stereocenters. The van der Waals surface area contributed by atoms with Gasteiger partial charge in [0.05, 0.1) is 18.7 Å². The van der Waals surface area contributed by atoms with Crippen molar-refractivity contribution < 1.29 is 31.8 Å². The lowest BCUT2D eigenvalue weighted by molar-refractivity contribution is 0.0560. The number of halogens is 2. The van der Waals surface area contributed by atoms with Gasteiger partial charge in [0.2, 0.25) is 10.0 Å². The number of hydrogen-bond acceptors (Lipinski definition) is 5. The fourth-order valence-electron chi connectivity index (χ4n) is 4.46. The van der Waals surface area contributed by atoms with Crippen LogP contribution in [0.3, 0.4) is 0 Å². The highest BCUT2D eigenvalue weighted by molar-refractivity contribution is 7.89. The second kappa shape index (κ2) is 11.2. The van der Waals surface area contributed by atoms with Gasteiger partial charge in [-0.2, -0.15) is 4.31 Å². The van der Waals surface area contributed by atoms with Crippen LogP contribution >= 0.6 is 0 Å². The second-order valence-electron chi connectivity index (χ2n) is 9.57. The van der Waals surface area contributed by atoms with Gasteiger partial charge in [0.25, 0.3) is 5.91 Å². The van der Waals surface area contributed by atoms with Crippen molar-refractivity contribution in [1.29, 1.82) is 0 Å². The fourth-order valence-corrected chi connectivity index (χ4v) is 6.28. The molecule has 3 aromatic rings. The first-order valence-corrected chi connectivity index (χ1v) is 13.7. The minimum atomic E-state index is -4.05. The van der Waals surface area contributed by atoms with E-state index in [-0.39, 0.29) is 35.9 Å². The van der Waals surface area contributed by atoms with Gasteiger partial charge in [-0.15, -0.1) is 0 Å². The molecule has 38 heavy (non-hydrogen) atoms. The molecule has 1 N–H and O–H groups in total. The van der Waals surface area contributed by atoms with E-state index in [1.54, 1.807) is 44.2 Å². The molecule has 3 aromatic carbocycles. The van der Waals surface area contributed by atoms with Gasteiger partial charge in [-0.3, -0.25) is 4.79 Å². The van der Waals surface area contributed by atoms with Crippen molar-refractivity contribution in [2.75, 3.05) is 26.7 Å². The van der Waals surface area contributed by atoms with E-state index in [0.29, 0.717) is 11.1 Å². The molecule has 0 aliphatic carbocycles. The van der Waals surface area contributed by atoms with Crippen molar-refractivity contribution in [3.63, 3.8) is 0 Å². The van der Waals surface area contributed by atoms with Crippen LogP contribution in [-0.4, -0.2) is 67.5 Å². The summed E-state index contributed by atoms with van der Waals surface area (Å²) in [5, 5.41) is 9.81. The number of fused-ring (bicyclic) bond motifs is 1. The summed E-state index contributed by atoms with van der Waals surface area (Å²) in [7, 11) is -2.52. The van der Waals surface area contributed by atoms with E-state index in [1.807, 2.05) is 0 Å². The van der Waals surface area contributed by atoms with Crippen LogP contribution in [-0.2, 0) is 10.0 Å². The zero-order chi connectivity index (χ0) is 27.6. The number of aliphatic hydroxyl groups excluding tert-OH is 1. The number of carbonyl (C=O) groups excluding carboxylic acids is 1. The summed E-state index contributed by atoms with van der Waals surface area (Å²) in [6.45, 7) is 3.12. The van der Waals surface area contributed by atoms with E-state index in [9.17, 15) is 27.1 Å². The standard InChI is InChI=1S/C28H30F2N2O5S/c1-18-15-32(19(2)17-33)38(35,36)27-13-10-21(20-8-11-22(29)12-9-20)14-25(27)37-26(18)16-31(3)28(34)23-6-4-5-7-24(23)30/h4-14,18-19,26,33H,15-17H2,1-3H3/t18-,19-,26+/m0/s1. The van der Waals surface area contributed by atoms with Crippen molar-refractivity contribution in [3.8, 4) is 16.9 Å². The summed E-state index contributed by atoms with van der Waals surface area (Å²) in [6, 6.07) is 15.4. The first-order valence-electron chi connectivity index (χ1n) is 12.2. The second-order valence-corrected chi connectivity index (χ2v) is 11.4. The minimum Gasteiger partial charge on any atom is -0.487 e. The third-order valence-electron chi connectivity index (χ3n) is 6.75. The Kier molecular flexibility index (Phi) is 8.15. The molecule has 0 spiro atoms. The van der Waals surface area contributed by atoms with Crippen LogP contribution < -0.4 is 4.74 Å². The Bertz CT molecular complexity index is 1410. The monoisotopic (exact) mass is 544 g/mol. The number of hydrogen-bond donors (Lipinski definition) is 1. The van der Waals surface area contributed by atoms with Crippen LogP contribution in [0.5, 0.6) is 5.75 Å². The summed E-state index contributed by atoms with van der Waals surface area (Å²) in [4.78, 5) is 14.3. The highest BCUT2D eigenvalue weighted by Crippen LogP contribution is 2.36. The molecule has 10 heteroatoms. The van der Waals surface area contributed by atoms with Crippen LogP contribution in [0, 0.1) is 17.6 Å². The molecule has 4 rings (SSSR count). The molecule has 1 aliphatic rings. The van der Waals surface area contributed by atoms with Gasteiger partial charge in [0.1, 0.15) is 28.4 Å². The highest BCUT2D eigenvalue weighted by atomic mass is 32.2. The Hall–Kier alpha value is -3.34. The lowest BCUT2D eigenvalue weighted by Crippen LogP contribution is -2.50. The van der Waals surface area contributed by atoms with Gasteiger partial charge in [-0.1, -0.05) is 37.3 Å². The van der Waals surface area contributed by atoms with Gasteiger partial charge in [-0.25, -0.2) is 17.2 Å². The van der Waals surface area contributed by atoms with Crippen molar-refractivity contribution in [1.82, 2.24) is 9.21 Å². The maximum atomic E-state index is 14.3. The number of amides is 1. The topological polar surface area (TPSA) is 87.2 Å². The van der Waals surface area contributed by atoms with E-state index in [4.69, 9.17) is 4.74 Å². The molecule has 0 unspecified atom stereocenters. The predicted molar refractivity (Wildman–Crippen MR) is 139 cm³/mol. The van der Waals surface area contributed by atoms with Crippen LogP contribution in [0.4, 0.5) is 8.78 Å². The van der Waals surface area contributed by atoms with E-state index < -0.39 is 45.6 Å². The number of carbonyl (C=O) groups is 1. The zero-order valence-electron chi connectivity index (χ0n) is 21.3. The summed E-state index contributed by atoms with van der Waals surface area (Å²) < 4.78 is 62.6. The zero-order valence-corrected chi connectivity index (χ0v) is 22.2. The smallest absolute Gasteiger partial charge is 0.256 e. The summed E-state index contributed by atoms with van der Waals surface area (Å²) in [5.74, 6) is -1.90. The Balaban J connectivity index is 1.75. The summed E-state index contributed by atoms with van der Waals surface area (Å²) >= 11 is 0. The molecule has 1 amide bonds. The molecule has 0 fully saturated rings. The molecule has 0 aromatic heterocycles. The SMILES string of the molecule is C[C@H]1CN([C@@H](C)CO)S(=O)(=O)c2ccc(-c3ccc(F)cc3)cc2O[C@@H]1CN(C)C(=O)c1ccccc1F. The molecule has 0 radical (unpaired) electrons. The molecule has 0 bridgehead atoms. The average Bonchev–Trinajstić information content (AvgIpc) is 2.90. The van der Waals surface area contributed by atoms with Crippen LogP contribution in [0.25, 0.3) is 11.1 Å². The fraction of sp³-hybridized carbons (Fsp3) is 0.321. The van der Waals surface area contributed by atoms with Gasteiger partial charge in [0.15, 0.2) is 0 Å². The number of aliphatic hydroxyl groups is 1. The predicted octanol–water partition coefficient (Wildman–Crippen LogP) is 4.17. The quantitative estimate of drug-likeness (QED) is 0.503. The maximum Gasteiger partial charge on any atom is 0.256 e. The number of rotatable bonds is 6. The lowest BCUT2D eigenvalue weighted by atomic mass is 10.0. The Morgan fingerprint density at radius 1 is 1.11 bits per heavy atom.